The molecular weight excluding hydrogens is 267 g/mol. The monoisotopic (exact) mass is 280 g/mol. The van der Waals surface area contributed by atoms with E-state index in [4.69, 9.17) is 5.11 Å². The van der Waals surface area contributed by atoms with Gasteiger partial charge < -0.3 is 9.66 Å². The first kappa shape index (κ1) is 18.6. The van der Waals surface area contributed by atoms with E-state index in [2.05, 4.69) is 0 Å². The van der Waals surface area contributed by atoms with Gasteiger partial charge in [0.15, 0.2) is 0 Å². The Balaban J connectivity index is 0. The van der Waals surface area contributed by atoms with Gasteiger partial charge in [-0.15, -0.1) is 0 Å². The summed E-state index contributed by atoms with van der Waals surface area (Å²) in [5, 5.41) is 8.32. The Labute approximate surface area is 122 Å². The summed E-state index contributed by atoms with van der Waals surface area (Å²) in [4.78, 5) is 10.1. The molecule has 0 aromatic heterocycles. The van der Waals surface area contributed by atoms with Crippen LogP contribution in [0.3, 0.4) is 0 Å². The molecule has 0 aliphatic heterocycles. The summed E-state index contributed by atoms with van der Waals surface area (Å²) in [6.45, 7) is 0. The molecule has 0 saturated carbocycles. The van der Waals surface area contributed by atoms with Crippen molar-refractivity contribution in [1.82, 2.24) is 0 Å². The number of unbranched alkanes of at least 4 members (excludes halogenated alkanes) is 1. The molecular formula is C7H13NaO4S3. The summed E-state index contributed by atoms with van der Waals surface area (Å²) in [5.41, 5.74) is 0. The molecule has 1 N–H and O–H groups in total. The molecule has 0 aromatic rings. The third kappa shape index (κ3) is 17.9. The second-order valence-electron chi connectivity index (χ2n) is 2.50. The summed E-state index contributed by atoms with van der Waals surface area (Å²) in [6.07, 6.45) is 1.73. The van der Waals surface area contributed by atoms with Gasteiger partial charge in [0.25, 0.3) is 0 Å². The molecule has 84 valence electrons. The molecule has 0 rings (SSSR count). The van der Waals surface area contributed by atoms with E-state index in [1.54, 1.807) is 10.8 Å². The van der Waals surface area contributed by atoms with Crippen LogP contribution in [0.15, 0.2) is 0 Å². The van der Waals surface area contributed by atoms with E-state index in [0.29, 0.717) is 12.2 Å². The minimum Gasteiger partial charge on any atom is -0.772 e. The first-order valence-electron chi connectivity index (χ1n) is 4.15. The zero-order valence-corrected chi connectivity index (χ0v) is 13.1. The molecule has 0 heterocycles. The first-order valence-corrected chi connectivity index (χ1v) is 7.88. The fourth-order valence-electron chi connectivity index (χ4n) is 0.628. The zero-order valence-electron chi connectivity index (χ0n) is 8.64. The van der Waals surface area contributed by atoms with E-state index in [1.807, 2.05) is 0 Å². The van der Waals surface area contributed by atoms with Gasteiger partial charge in [0.1, 0.15) is 0 Å². The van der Waals surface area contributed by atoms with Gasteiger partial charge in [0.2, 0.25) is 0 Å². The van der Waals surface area contributed by atoms with Crippen molar-refractivity contribution in [1.29, 1.82) is 0 Å². The second-order valence-corrected chi connectivity index (χ2v) is 6.22. The molecule has 0 spiro atoms. The van der Waals surface area contributed by atoms with E-state index >= 15 is 0 Å². The Bertz CT molecular complexity index is 171. The third-order valence-corrected chi connectivity index (χ3v) is 4.39. The Morgan fingerprint density at radius 3 is 2.40 bits per heavy atom. The SMILES string of the molecule is O=C(O)CCSSCCCCS(=O)[O-].[Na+]. The number of carbonyl (C=O) groups is 1. The van der Waals surface area contributed by atoms with Gasteiger partial charge in [0, 0.05) is 17.3 Å². The minimum absolute atomic E-state index is 0. The number of aliphatic carboxylic acids is 1. The van der Waals surface area contributed by atoms with Crippen LogP contribution in [0, 0.1) is 0 Å². The van der Waals surface area contributed by atoms with Crippen molar-refractivity contribution in [3.63, 3.8) is 0 Å². The first-order chi connectivity index (χ1) is 6.63. The normalized spacial score (nSPS) is 11.8. The van der Waals surface area contributed by atoms with Gasteiger partial charge >= 0.3 is 35.5 Å². The topological polar surface area (TPSA) is 77.4 Å². The summed E-state index contributed by atoms with van der Waals surface area (Å²) < 4.78 is 20.3. The number of hydrogen-bond acceptors (Lipinski definition) is 5. The van der Waals surface area contributed by atoms with Gasteiger partial charge in [-0.2, -0.15) is 0 Å². The molecule has 15 heavy (non-hydrogen) atoms. The van der Waals surface area contributed by atoms with E-state index in [-0.39, 0.29) is 41.7 Å². The number of rotatable bonds is 9. The van der Waals surface area contributed by atoms with E-state index in [0.717, 1.165) is 12.2 Å². The van der Waals surface area contributed by atoms with Gasteiger partial charge in [-0.1, -0.05) is 32.7 Å². The number of carboxylic acid groups (broad SMARTS) is 1. The zero-order chi connectivity index (χ0) is 10.8. The Kier molecular flexibility index (Phi) is 16.6. The van der Waals surface area contributed by atoms with Crippen LogP contribution < -0.4 is 29.6 Å². The van der Waals surface area contributed by atoms with Crippen molar-refractivity contribution in [2.75, 3.05) is 17.3 Å². The van der Waals surface area contributed by atoms with Crippen LogP contribution in [0.4, 0.5) is 0 Å². The summed E-state index contributed by atoms with van der Waals surface area (Å²) in [6, 6.07) is 0. The predicted octanol–water partition coefficient (Wildman–Crippen LogP) is -1.49. The van der Waals surface area contributed by atoms with Crippen LogP contribution in [0.2, 0.25) is 0 Å². The molecule has 0 bridgehead atoms. The molecule has 0 amide bonds. The molecule has 4 nitrogen and oxygen atoms in total. The van der Waals surface area contributed by atoms with E-state index in [9.17, 15) is 13.6 Å². The molecule has 0 aliphatic rings. The maximum Gasteiger partial charge on any atom is 1.00 e. The molecule has 0 aromatic carbocycles. The van der Waals surface area contributed by atoms with Crippen molar-refractivity contribution in [3.8, 4) is 0 Å². The Hall–Kier alpha value is 1.28. The molecule has 0 radical (unpaired) electrons. The van der Waals surface area contributed by atoms with Crippen LogP contribution >= 0.6 is 21.6 Å². The van der Waals surface area contributed by atoms with Crippen molar-refractivity contribution in [2.24, 2.45) is 0 Å². The van der Waals surface area contributed by atoms with E-state index < -0.39 is 17.0 Å². The predicted molar refractivity (Wildman–Crippen MR) is 60.2 cm³/mol. The average molecular weight is 280 g/mol. The largest absolute Gasteiger partial charge is 1.00 e. The summed E-state index contributed by atoms with van der Waals surface area (Å²) in [7, 11) is 3.12. The molecule has 8 heteroatoms. The quantitative estimate of drug-likeness (QED) is 0.240. The molecule has 1 atom stereocenters. The second kappa shape index (κ2) is 13.3. The van der Waals surface area contributed by atoms with Gasteiger partial charge in [-0.3, -0.25) is 9.00 Å². The van der Waals surface area contributed by atoms with Gasteiger partial charge in [-0.25, -0.2) is 0 Å². The molecule has 0 fully saturated rings. The van der Waals surface area contributed by atoms with Crippen molar-refractivity contribution in [2.45, 2.75) is 19.3 Å². The van der Waals surface area contributed by atoms with Crippen molar-refractivity contribution in [3.05, 3.63) is 0 Å². The van der Waals surface area contributed by atoms with Gasteiger partial charge in [0.05, 0.1) is 6.42 Å². The fourth-order valence-corrected chi connectivity index (χ4v) is 3.19. The smallest absolute Gasteiger partial charge is 0.772 e. The number of carboxylic acids is 1. The van der Waals surface area contributed by atoms with Gasteiger partial charge in [-0.05, 0) is 12.8 Å². The third-order valence-electron chi connectivity index (χ3n) is 1.27. The summed E-state index contributed by atoms with van der Waals surface area (Å²) >= 11 is -1.92. The van der Waals surface area contributed by atoms with Crippen molar-refractivity contribution < 1.29 is 48.2 Å². The summed E-state index contributed by atoms with van der Waals surface area (Å²) in [5.74, 6) is 0.926. The number of hydrogen-bond donors (Lipinski definition) is 1. The van der Waals surface area contributed by atoms with Crippen LogP contribution in [0.5, 0.6) is 0 Å². The van der Waals surface area contributed by atoms with Crippen LogP contribution in [-0.2, 0) is 15.9 Å². The van der Waals surface area contributed by atoms with Crippen LogP contribution in [0.25, 0.3) is 0 Å². The Morgan fingerprint density at radius 2 is 1.87 bits per heavy atom. The van der Waals surface area contributed by atoms with Crippen LogP contribution in [-0.4, -0.2) is 37.1 Å². The van der Waals surface area contributed by atoms with Crippen LogP contribution in [0.1, 0.15) is 19.3 Å². The maximum absolute atomic E-state index is 10.1. The molecule has 1 unspecified atom stereocenters. The fraction of sp³-hybridized carbons (Fsp3) is 0.857. The van der Waals surface area contributed by atoms with Crippen molar-refractivity contribution >= 4 is 38.6 Å². The molecule has 0 saturated heterocycles. The van der Waals surface area contributed by atoms with E-state index in [1.165, 1.54) is 10.8 Å². The minimum atomic E-state index is -1.92. The standard InChI is InChI=1S/C7H14O4S3.Na/c8-7(9)3-5-13-12-4-1-2-6-14(10)11;/h1-6H2,(H,8,9)(H,10,11);/q;+1/p-1. The average Bonchev–Trinajstić information content (AvgIpc) is 2.08. The maximum atomic E-state index is 10.1. The Morgan fingerprint density at radius 1 is 1.27 bits per heavy atom. The molecule has 0 aliphatic carbocycles.